The van der Waals surface area contributed by atoms with E-state index in [0.29, 0.717) is 12.6 Å². The van der Waals surface area contributed by atoms with Gasteiger partial charge in [0.25, 0.3) is 0 Å². The van der Waals surface area contributed by atoms with Crippen molar-refractivity contribution in [1.29, 1.82) is 0 Å². The largest absolute Gasteiger partial charge is 0.337 e. The van der Waals surface area contributed by atoms with E-state index in [9.17, 15) is 0 Å². The smallest absolute Gasteiger partial charge is 0.171 e. The maximum atomic E-state index is 5.14. The van der Waals surface area contributed by atoms with Crippen LogP contribution in [0.15, 0.2) is 18.2 Å². The Balaban J connectivity index is 1.53. The molecule has 19 heavy (non-hydrogen) atoms. The number of fused-ring (bicyclic) bond motifs is 1. The predicted molar refractivity (Wildman–Crippen MR) is 74.8 cm³/mol. The number of rotatable bonds is 3. The fourth-order valence-corrected chi connectivity index (χ4v) is 2.98. The van der Waals surface area contributed by atoms with Gasteiger partial charge in [-0.2, -0.15) is 4.89 Å². The fourth-order valence-electron chi connectivity index (χ4n) is 2.98. The molecule has 3 nitrogen and oxygen atoms in total. The van der Waals surface area contributed by atoms with E-state index < -0.39 is 0 Å². The molecule has 3 heteroatoms. The molecule has 0 aromatic heterocycles. The number of hydrogen-bond donors (Lipinski definition) is 1. The van der Waals surface area contributed by atoms with Crippen LogP contribution in [0.4, 0.5) is 0 Å². The zero-order chi connectivity index (χ0) is 12.9. The third kappa shape index (κ3) is 3.48. The van der Waals surface area contributed by atoms with E-state index in [0.717, 1.165) is 17.9 Å². The van der Waals surface area contributed by atoms with E-state index in [1.165, 1.54) is 50.5 Å². The zero-order valence-electron chi connectivity index (χ0n) is 11.5. The van der Waals surface area contributed by atoms with Crippen LogP contribution >= 0.6 is 0 Å². The van der Waals surface area contributed by atoms with Crippen molar-refractivity contribution in [2.24, 2.45) is 0 Å². The van der Waals surface area contributed by atoms with Crippen molar-refractivity contribution in [3.05, 3.63) is 29.3 Å². The summed E-state index contributed by atoms with van der Waals surface area (Å²) in [5.41, 5.74) is 2.43. The molecule has 0 bridgehead atoms. The molecule has 2 aliphatic rings. The molecule has 1 aromatic rings. The molecule has 0 amide bonds. The number of benzene rings is 1. The molecule has 1 aromatic carbocycles. The Morgan fingerprint density at radius 3 is 2.68 bits per heavy atom. The standard InChI is InChI=1S/C16H23NO2/c1-2-4-6-15(7-5-3-1)17-11-13-8-9-14-12-18-19-16(14)10-13/h8-10,15,17H,1-7,11-12H2. The van der Waals surface area contributed by atoms with Crippen molar-refractivity contribution in [3.63, 3.8) is 0 Å². The Morgan fingerprint density at radius 2 is 1.84 bits per heavy atom. The lowest BCUT2D eigenvalue weighted by molar-refractivity contribution is -0.194. The van der Waals surface area contributed by atoms with Gasteiger partial charge in [0.05, 0.1) is 0 Å². The van der Waals surface area contributed by atoms with Crippen LogP contribution in [0.5, 0.6) is 5.75 Å². The Kier molecular flexibility index (Phi) is 4.36. The van der Waals surface area contributed by atoms with E-state index in [4.69, 9.17) is 9.78 Å². The highest BCUT2D eigenvalue weighted by molar-refractivity contribution is 5.38. The van der Waals surface area contributed by atoms with Crippen molar-refractivity contribution >= 4 is 0 Å². The summed E-state index contributed by atoms with van der Waals surface area (Å²) in [5, 5.41) is 3.70. The summed E-state index contributed by atoms with van der Waals surface area (Å²) in [7, 11) is 0. The predicted octanol–water partition coefficient (Wildman–Crippen LogP) is 3.71. The summed E-state index contributed by atoms with van der Waals surface area (Å²) in [5.74, 6) is 0.886. The lowest BCUT2D eigenvalue weighted by Gasteiger charge is -2.21. The van der Waals surface area contributed by atoms with Gasteiger partial charge < -0.3 is 10.2 Å². The van der Waals surface area contributed by atoms with Gasteiger partial charge in [0.2, 0.25) is 0 Å². The molecule has 1 saturated carbocycles. The minimum atomic E-state index is 0.575. The van der Waals surface area contributed by atoms with Crippen LogP contribution in [0, 0.1) is 0 Å². The van der Waals surface area contributed by atoms with Gasteiger partial charge in [0.1, 0.15) is 6.61 Å². The summed E-state index contributed by atoms with van der Waals surface area (Å²) in [6.45, 7) is 1.51. The van der Waals surface area contributed by atoms with Crippen LogP contribution in [-0.4, -0.2) is 6.04 Å². The molecule has 104 valence electrons. The normalized spacial score (nSPS) is 20.4. The number of hydrogen-bond acceptors (Lipinski definition) is 3. The molecule has 3 rings (SSSR count). The zero-order valence-corrected chi connectivity index (χ0v) is 11.5. The molecule has 0 radical (unpaired) electrons. The van der Waals surface area contributed by atoms with Gasteiger partial charge in [-0.05, 0) is 24.5 Å². The molecule has 1 fully saturated rings. The minimum Gasteiger partial charge on any atom is -0.337 e. The monoisotopic (exact) mass is 261 g/mol. The molecule has 0 saturated heterocycles. The topological polar surface area (TPSA) is 30.5 Å². The Morgan fingerprint density at radius 1 is 1.05 bits per heavy atom. The van der Waals surface area contributed by atoms with Crippen molar-refractivity contribution < 1.29 is 9.78 Å². The van der Waals surface area contributed by atoms with Crippen molar-refractivity contribution in [2.45, 2.75) is 64.1 Å². The van der Waals surface area contributed by atoms with Crippen LogP contribution < -0.4 is 10.2 Å². The van der Waals surface area contributed by atoms with Gasteiger partial charge in [-0.15, -0.1) is 0 Å². The summed E-state index contributed by atoms with van der Waals surface area (Å²) in [4.78, 5) is 10.1. The second-order valence-corrected chi connectivity index (χ2v) is 5.71. The van der Waals surface area contributed by atoms with E-state index >= 15 is 0 Å². The molecule has 1 heterocycles. The van der Waals surface area contributed by atoms with Gasteiger partial charge in [-0.3, -0.25) is 0 Å². The highest BCUT2D eigenvalue weighted by Crippen LogP contribution is 2.27. The van der Waals surface area contributed by atoms with Crippen molar-refractivity contribution in [3.8, 4) is 5.75 Å². The average molecular weight is 261 g/mol. The SMILES string of the molecule is c1cc2c(cc1CNC1CCCCCCC1)OOC2. The van der Waals surface area contributed by atoms with E-state index in [1.54, 1.807) is 0 Å². The lowest BCUT2D eigenvalue weighted by atomic mass is 9.96. The second-order valence-electron chi connectivity index (χ2n) is 5.71. The second kappa shape index (κ2) is 6.40. The van der Waals surface area contributed by atoms with E-state index in [-0.39, 0.29) is 0 Å². The van der Waals surface area contributed by atoms with Crippen molar-refractivity contribution in [2.75, 3.05) is 0 Å². The van der Waals surface area contributed by atoms with Crippen molar-refractivity contribution in [1.82, 2.24) is 5.32 Å². The van der Waals surface area contributed by atoms with Gasteiger partial charge in [0.15, 0.2) is 5.75 Å². The van der Waals surface area contributed by atoms with Crippen LogP contribution in [0.1, 0.15) is 56.1 Å². The summed E-state index contributed by atoms with van der Waals surface area (Å²) >= 11 is 0. The summed E-state index contributed by atoms with van der Waals surface area (Å²) in [6.07, 6.45) is 9.63. The quantitative estimate of drug-likeness (QED) is 0.841. The highest BCUT2D eigenvalue weighted by Gasteiger charge is 2.15. The summed E-state index contributed by atoms with van der Waals surface area (Å²) in [6, 6.07) is 7.06. The third-order valence-electron chi connectivity index (χ3n) is 4.19. The van der Waals surface area contributed by atoms with Gasteiger partial charge in [-0.1, -0.05) is 44.2 Å². The first-order chi connectivity index (χ1) is 9.42. The first-order valence-electron chi connectivity index (χ1n) is 7.56. The average Bonchev–Trinajstić information content (AvgIpc) is 2.84. The lowest BCUT2D eigenvalue weighted by Crippen LogP contribution is -2.29. The minimum absolute atomic E-state index is 0.575. The first kappa shape index (κ1) is 12.9. The maximum absolute atomic E-state index is 5.14. The highest BCUT2D eigenvalue weighted by atomic mass is 17.2. The molecule has 0 atom stereocenters. The van der Waals surface area contributed by atoms with Crippen LogP contribution in [0.3, 0.4) is 0 Å². The molecule has 1 aliphatic heterocycles. The molecule has 1 aliphatic carbocycles. The Hall–Kier alpha value is -1.06. The van der Waals surface area contributed by atoms with Gasteiger partial charge in [-0.25, -0.2) is 0 Å². The molecule has 0 spiro atoms. The van der Waals surface area contributed by atoms with Gasteiger partial charge >= 0.3 is 0 Å². The molecular weight excluding hydrogens is 238 g/mol. The number of nitrogens with one attached hydrogen (secondary N) is 1. The Labute approximate surface area is 115 Å². The van der Waals surface area contributed by atoms with Crippen LogP contribution in [0.2, 0.25) is 0 Å². The first-order valence-corrected chi connectivity index (χ1v) is 7.56. The van der Waals surface area contributed by atoms with E-state index in [1.807, 2.05) is 0 Å². The van der Waals surface area contributed by atoms with Crippen LogP contribution in [-0.2, 0) is 18.0 Å². The molecular formula is C16H23NO2. The molecule has 1 N–H and O–H groups in total. The van der Waals surface area contributed by atoms with Gasteiger partial charge in [0, 0.05) is 18.2 Å². The molecule has 0 unspecified atom stereocenters. The van der Waals surface area contributed by atoms with E-state index in [2.05, 4.69) is 23.5 Å². The van der Waals surface area contributed by atoms with Crippen LogP contribution in [0.25, 0.3) is 0 Å². The third-order valence-corrected chi connectivity index (χ3v) is 4.19. The maximum Gasteiger partial charge on any atom is 0.171 e. The Bertz CT molecular complexity index is 411. The summed E-state index contributed by atoms with van der Waals surface area (Å²) < 4.78 is 0. The fraction of sp³-hybridized carbons (Fsp3) is 0.625.